The Morgan fingerprint density at radius 2 is 1.61 bits per heavy atom. The number of hydrogen-bond donors (Lipinski definition) is 2. The zero-order chi connectivity index (χ0) is 20.6. The van der Waals surface area contributed by atoms with E-state index in [0.717, 1.165) is 24.8 Å². The van der Waals surface area contributed by atoms with Crippen LogP contribution in [0.4, 0.5) is 4.39 Å². The van der Waals surface area contributed by atoms with Crippen LogP contribution in [0.2, 0.25) is 0 Å². The Morgan fingerprint density at radius 1 is 1.00 bits per heavy atom. The second kappa shape index (κ2) is 10.3. The number of nitrogens with one attached hydrogen (secondary N) is 1. The zero-order valence-electron chi connectivity index (χ0n) is 15.9. The third kappa shape index (κ3) is 7.05. The highest BCUT2D eigenvalue weighted by Crippen LogP contribution is 2.24. The molecule has 2 rings (SSSR count). The van der Waals surface area contributed by atoms with Gasteiger partial charge in [0.1, 0.15) is 5.82 Å². The van der Waals surface area contributed by atoms with Crippen molar-refractivity contribution in [2.24, 2.45) is 0 Å². The van der Waals surface area contributed by atoms with E-state index in [1.807, 2.05) is 6.92 Å². The fourth-order valence-corrected chi connectivity index (χ4v) is 4.20. The average Bonchev–Trinajstić information content (AvgIpc) is 2.64. The van der Waals surface area contributed by atoms with Crippen molar-refractivity contribution in [1.29, 1.82) is 0 Å². The number of hydrogen-bond acceptors (Lipinski definition) is 3. The zero-order valence-corrected chi connectivity index (χ0v) is 16.7. The van der Waals surface area contributed by atoms with Gasteiger partial charge in [0.25, 0.3) is 0 Å². The molecular formula is C21H26FNO4S. The monoisotopic (exact) mass is 407 g/mol. The molecule has 0 heterocycles. The van der Waals surface area contributed by atoms with Gasteiger partial charge in [-0.2, -0.15) is 0 Å². The van der Waals surface area contributed by atoms with Gasteiger partial charge < -0.3 is 5.11 Å². The van der Waals surface area contributed by atoms with Crippen LogP contribution in [0.25, 0.3) is 0 Å². The lowest BCUT2D eigenvalue weighted by atomic mass is 10.0. The Morgan fingerprint density at radius 3 is 2.21 bits per heavy atom. The predicted molar refractivity (Wildman–Crippen MR) is 106 cm³/mol. The van der Waals surface area contributed by atoms with E-state index in [9.17, 15) is 17.6 Å². The molecule has 1 atom stereocenters. The van der Waals surface area contributed by atoms with Crippen LogP contribution in [0.1, 0.15) is 55.7 Å². The molecule has 2 aromatic carbocycles. The number of carbonyl (C=O) groups is 1. The number of aliphatic carboxylic acids is 1. The number of sulfonamides is 1. The summed E-state index contributed by atoms with van der Waals surface area (Å²) in [5.74, 6) is -1.19. The summed E-state index contributed by atoms with van der Waals surface area (Å²) in [6, 6.07) is 11.9. The average molecular weight is 408 g/mol. The first kappa shape index (κ1) is 22.0. The van der Waals surface area contributed by atoms with Crippen molar-refractivity contribution in [3.63, 3.8) is 0 Å². The fourth-order valence-electron chi connectivity index (χ4n) is 2.94. The number of carboxylic acids is 1. The summed E-state index contributed by atoms with van der Waals surface area (Å²) in [4.78, 5) is 10.7. The Balaban J connectivity index is 2.06. The molecule has 2 N–H and O–H groups in total. The van der Waals surface area contributed by atoms with Gasteiger partial charge in [0.2, 0.25) is 10.0 Å². The van der Waals surface area contributed by atoms with Gasteiger partial charge in [0.05, 0.1) is 4.90 Å². The Bertz CT molecular complexity index is 864. The van der Waals surface area contributed by atoms with E-state index < -0.39 is 22.0 Å². The molecule has 0 aromatic heterocycles. The van der Waals surface area contributed by atoms with Crippen LogP contribution in [0.3, 0.4) is 0 Å². The number of aryl methyl sites for hydroxylation is 1. The van der Waals surface area contributed by atoms with E-state index >= 15 is 0 Å². The first-order valence-corrected chi connectivity index (χ1v) is 10.8. The minimum absolute atomic E-state index is 0.140. The summed E-state index contributed by atoms with van der Waals surface area (Å²) in [6.45, 7) is 1.88. The van der Waals surface area contributed by atoms with Gasteiger partial charge in [0.15, 0.2) is 0 Å². The summed E-state index contributed by atoms with van der Waals surface area (Å²) in [5, 5.41) is 8.67. The van der Waals surface area contributed by atoms with E-state index in [1.54, 1.807) is 36.4 Å². The predicted octanol–water partition coefficient (Wildman–Crippen LogP) is 4.58. The van der Waals surface area contributed by atoms with E-state index in [0.29, 0.717) is 18.4 Å². The van der Waals surface area contributed by atoms with Gasteiger partial charge >= 0.3 is 5.97 Å². The smallest absolute Gasteiger partial charge is 0.303 e. The Hall–Kier alpha value is -2.25. The van der Waals surface area contributed by atoms with Crippen LogP contribution in [0.5, 0.6) is 0 Å². The molecule has 0 radical (unpaired) electrons. The summed E-state index contributed by atoms with van der Waals surface area (Å²) in [5.41, 5.74) is 1.66. The lowest BCUT2D eigenvalue weighted by Crippen LogP contribution is -2.28. The second-order valence-corrected chi connectivity index (χ2v) is 8.60. The van der Waals surface area contributed by atoms with Crippen molar-refractivity contribution in [3.8, 4) is 0 Å². The quantitative estimate of drug-likeness (QED) is 0.534. The molecule has 0 aliphatic carbocycles. The van der Waals surface area contributed by atoms with Crippen molar-refractivity contribution in [3.05, 3.63) is 65.5 Å². The van der Waals surface area contributed by atoms with Gasteiger partial charge in [-0.15, -0.1) is 0 Å². The fraction of sp³-hybridized carbons (Fsp3) is 0.381. The van der Waals surface area contributed by atoms with Gasteiger partial charge in [-0.1, -0.05) is 49.1 Å². The van der Waals surface area contributed by atoms with Crippen LogP contribution in [-0.4, -0.2) is 19.5 Å². The molecule has 152 valence electrons. The normalized spacial score (nSPS) is 12.6. The summed E-state index contributed by atoms with van der Waals surface area (Å²) < 4.78 is 41.5. The molecule has 7 heteroatoms. The molecule has 0 saturated carbocycles. The van der Waals surface area contributed by atoms with E-state index in [4.69, 9.17) is 5.11 Å². The minimum Gasteiger partial charge on any atom is -0.481 e. The number of halogens is 1. The van der Waals surface area contributed by atoms with Crippen LogP contribution in [0.15, 0.2) is 53.4 Å². The molecule has 0 aliphatic rings. The van der Waals surface area contributed by atoms with Gasteiger partial charge in [-0.05, 0) is 49.6 Å². The molecule has 0 fully saturated rings. The second-order valence-electron chi connectivity index (χ2n) is 6.89. The summed E-state index contributed by atoms with van der Waals surface area (Å²) in [7, 11) is -3.71. The molecule has 2 aromatic rings. The van der Waals surface area contributed by atoms with Crippen molar-refractivity contribution in [1.82, 2.24) is 4.72 Å². The number of carboxylic acid groups (broad SMARTS) is 1. The summed E-state index contributed by atoms with van der Waals surface area (Å²) in [6.07, 6.45) is 3.60. The molecule has 0 aliphatic heterocycles. The highest BCUT2D eigenvalue weighted by molar-refractivity contribution is 7.89. The maximum absolute atomic E-state index is 13.3. The Labute approximate surface area is 165 Å². The third-order valence-electron chi connectivity index (χ3n) is 4.53. The molecule has 0 bridgehead atoms. The van der Waals surface area contributed by atoms with Gasteiger partial charge in [-0.3, -0.25) is 4.79 Å². The van der Waals surface area contributed by atoms with Crippen LogP contribution < -0.4 is 4.72 Å². The van der Waals surface area contributed by atoms with Crippen LogP contribution in [-0.2, 0) is 14.8 Å². The molecule has 0 spiro atoms. The molecule has 0 amide bonds. The first-order chi connectivity index (χ1) is 13.3. The first-order valence-electron chi connectivity index (χ1n) is 9.34. The van der Waals surface area contributed by atoms with E-state index in [1.165, 1.54) is 12.1 Å². The lowest BCUT2D eigenvalue weighted by molar-refractivity contribution is -0.137. The molecule has 28 heavy (non-hydrogen) atoms. The van der Waals surface area contributed by atoms with Crippen molar-refractivity contribution in [2.75, 3.05) is 0 Å². The SMILES string of the molecule is Cc1ccc(S(=O)(=O)NC(CCCCCCC(=O)O)c2ccc(F)cc2)cc1. The van der Waals surface area contributed by atoms with Crippen molar-refractivity contribution in [2.45, 2.75) is 56.4 Å². The van der Waals surface area contributed by atoms with E-state index in [-0.39, 0.29) is 17.1 Å². The maximum Gasteiger partial charge on any atom is 0.303 e. The molecule has 0 saturated heterocycles. The standard InChI is InChI=1S/C21H26FNO4S/c1-16-8-14-19(15-9-16)28(26,27)23-20(17-10-12-18(22)13-11-17)6-4-2-3-5-7-21(24)25/h8-15,20,23H,2-7H2,1H3,(H,24,25). The third-order valence-corrected chi connectivity index (χ3v) is 6.02. The summed E-state index contributed by atoms with van der Waals surface area (Å²) >= 11 is 0. The van der Waals surface area contributed by atoms with Crippen LogP contribution >= 0.6 is 0 Å². The topological polar surface area (TPSA) is 83.5 Å². The molecule has 1 unspecified atom stereocenters. The maximum atomic E-state index is 13.3. The number of unbranched alkanes of at least 4 members (excludes halogenated alkanes) is 3. The highest BCUT2D eigenvalue weighted by Gasteiger charge is 2.21. The minimum atomic E-state index is -3.71. The highest BCUT2D eigenvalue weighted by atomic mass is 32.2. The van der Waals surface area contributed by atoms with Gasteiger partial charge in [-0.25, -0.2) is 17.5 Å². The van der Waals surface area contributed by atoms with Gasteiger partial charge in [0, 0.05) is 12.5 Å². The largest absolute Gasteiger partial charge is 0.481 e. The van der Waals surface area contributed by atoms with Crippen molar-refractivity contribution < 1.29 is 22.7 Å². The molecule has 5 nitrogen and oxygen atoms in total. The van der Waals surface area contributed by atoms with Crippen LogP contribution in [0, 0.1) is 12.7 Å². The van der Waals surface area contributed by atoms with E-state index in [2.05, 4.69) is 4.72 Å². The lowest BCUT2D eigenvalue weighted by Gasteiger charge is -2.19. The Kier molecular flexibility index (Phi) is 8.14. The molecular weight excluding hydrogens is 381 g/mol. The number of benzene rings is 2. The van der Waals surface area contributed by atoms with Crippen molar-refractivity contribution >= 4 is 16.0 Å². The number of rotatable bonds is 11.